The first-order chi connectivity index (χ1) is 9.11. The van der Waals surface area contributed by atoms with Crippen molar-refractivity contribution >= 4 is 29.0 Å². The maximum absolute atomic E-state index is 11.8. The highest BCUT2D eigenvalue weighted by Gasteiger charge is 2.14. The maximum atomic E-state index is 11.8. The number of carbonyl (C=O) groups excluding carboxylic acids is 1. The predicted molar refractivity (Wildman–Crippen MR) is 68.4 cm³/mol. The van der Waals surface area contributed by atoms with Gasteiger partial charge in [-0.2, -0.15) is 0 Å². The highest BCUT2D eigenvalue weighted by Crippen LogP contribution is 2.21. The van der Waals surface area contributed by atoms with Gasteiger partial charge in [-0.1, -0.05) is 21.9 Å². The number of benzene rings is 1. The van der Waals surface area contributed by atoms with Crippen molar-refractivity contribution in [3.63, 3.8) is 0 Å². The van der Waals surface area contributed by atoms with E-state index in [1.54, 1.807) is 6.07 Å². The SMILES string of the molecule is NC(=NO)c1ccc(Cl)cc1NC(=O)c1ccon1. The number of hydrogen-bond donors (Lipinski definition) is 3. The third kappa shape index (κ3) is 2.83. The minimum absolute atomic E-state index is 0.102. The molecule has 0 saturated heterocycles. The van der Waals surface area contributed by atoms with Gasteiger partial charge in [-0.25, -0.2) is 0 Å². The molecule has 98 valence electrons. The Bertz CT molecular complexity index is 625. The molecule has 4 N–H and O–H groups in total. The number of anilines is 1. The molecule has 0 saturated carbocycles. The minimum Gasteiger partial charge on any atom is -0.409 e. The van der Waals surface area contributed by atoms with E-state index in [1.165, 1.54) is 24.5 Å². The smallest absolute Gasteiger partial charge is 0.277 e. The molecule has 2 aromatic rings. The number of rotatable bonds is 3. The molecule has 2 rings (SSSR count). The third-order valence-electron chi connectivity index (χ3n) is 2.28. The molecule has 19 heavy (non-hydrogen) atoms. The van der Waals surface area contributed by atoms with E-state index in [2.05, 4.69) is 20.2 Å². The highest BCUT2D eigenvalue weighted by molar-refractivity contribution is 6.31. The van der Waals surface area contributed by atoms with Crippen LogP contribution in [0.1, 0.15) is 16.1 Å². The molecule has 1 aromatic carbocycles. The van der Waals surface area contributed by atoms with Gasteiger partial charge in [0.05, 0.1) is 5.69 Å². The largest absolute Gasteiger partial charge is 0.409 e. The van der Waals surface area contributed by atoms with Gasteiger partial charge in [0, 0.05) is 16.7 Å². The molecule has 0 unspecified atom stereocenters. The molecule has 8 heteroatoms. The van der Waals surface area contributed by atoms with E-state index in [0.717, 1.165) is 0 Å². The van der Waals surface area contributed by atoms with Crippen LogP contribution >= 0.6 is 11.6 Å². The van der Waals surface area contributed by atoms with Crippen molar-refractivity contribution < 1.29 is 14.5 Å². The first-order valence-electron chi connectivity index (χ1n) is 5.11. The van der Waals surface area contributed by atoms with Crippen LogP contribution in [0.15, 0.2) is 40.2 Å². The highest BCUT2D eigenvalue weighted by atomic mass is 35.5. The summed E-state index contributed by atoms with van der Waals surface area (Å²) in [5.41, 5.74) is 6.25. The summed E-state index contributed by atoms with van der Waals surface area (Å²) in [5, 5.41) is 18.0. The molecule has 0 aliphatic rings. The van der Waals surface area contributed by atoms with Crippen LogP contribution in [0.4, 0.5) is 5.69 Å². The fourth-order valence-electron chi connectivity index (χ4n) is 1.41. The summed E-state index contributed by atoms with van der Waals surface area (Å²) in [6.07, 6.45) is 1.28. The second kappa shape index (κ2) is 5.40. The molecule has 0 aliphatic carbocycles. The lowest BCUT2D eigenvalue weighted by Gasteiger charge is -2.09. The zero-order chi connectivity index (χ0) is 13.8. The molecule has 0 atom stereocenters. The fourth-order valence-corrected chi connectivity index (χ4v) is 1.59. The lowest BCUT2D eigenvalue weighted by Crippen LogP contribution is -2.19. The summed E-state index contributed by atoms with van der Waals surface area (Å²) in [6, 6.07) is 5.96. The van der Waals surface area contributed by atoms with Crippen molar-refractivity contribution in [1.29, 1.82) is 0 Å². The normalized spacial score (nSPS) is 11.3. The number of amidine groups is 1. The number of nitrogens with one attached hydrogen (secondary N) is 1. The van der Waals surface area contributed by atoms with Crippen molar-refractivity contribution in [2.24, 2.45) is 10.9 Å². The predicted octanol–water partition coefficient (Wildman–Crippen LogP) is 1.67. The maximum Gasteiger partial charge on any atom is 0.277 e. The van der Waals surface area contributed by atoms with Crippen LogP contribution in [0.25, 0.3) is 0 Å². The van der Waals surface area contributed by atoms with E-state index < -0.39 is 5.91 Å². The van der Waals surface area contributed by atoms with Gasteiger partial charge in [0.25, 0.3) is 5.91 Å². The lowest BCUT2D eigenvalue weighted by molar-refractivity contribution is 0.101. The van der Waals surface area contributed by atoms with Crippen LogP contribution in [0.3, 0.4) is 0 Å². The van der Waals surface area contributed by atoms with Crippen LogP contribution in [0.5, 0.6) is 0 Å². The molecule has 0 fully saturated rings. The Balaban J connectivity index is 2.33. The number of halogens is 1. The first-order valence-corrected chi connectivity index (χ1v) is 5.49. The van der Waals surface area contributed by atoms with E-state index >= 15 is 0 Å². The molecule has 1 aromatic heterocycles. The van der Waals surface area contributed by atoms with Gasteiger partial charge >= 0.3 is 0 Å². The van der Waals surface area contributed by atoms with E-state index in [-0.39, 0.29) is 11.5 Å². The standard InChI is InChI=1S/C11H9ClN4O3/c12-6-1-2-7(10(13)15-18)9(5-6)14-11(17)8-3-4-19-16-8/h1-5,18H,(H2,13,15)(H,14,17). The Kier molecular flexibility index (Phi) is 3.67. The van der Waals surface area contributed by atoms with Crippen LogP contribution < -0.4 is 11.1 Å². The van der Waals surface area contributed by atoms with E-state index in [1.807, 2.05) is 0 Å². The summed E-state index contributed by atoms with van der Waals surface area (Å²) in [4.78, 5) is 11.8. The Labute approximate surface area is 112 Å². The Morgan fingerprint density at radius 2 is 2.26 bits per heavy atom. The average Bonchev–Trinajstić information content (AvgIpc) is 2.92. The molecule has 0 spiro atoms. The van der Waals surface area contributed by atoms with Gasteiger partial charge in [-0.05, 0) is 18.2 Å². The van der Waals surface area contributed by atoms with Crippen molar-refractivity contribution in [2.45, 2.75) is 0 Å². The number of hydrogen-bond acceptors (Lipinski definition) is 5. The van der Waals surface area contributed by atoms with Gasteiger partial charge in [-0.3, -0.25) is 4.79 Å². The number of oxime groups is 1. The zero-order valence-electron chi connectivity index (χ0n) is 9.50. The summed E-state index contributed by atoms with van der Waals surface area (Å²) in [5.74, 6) is -0.643. The second-order valence-electron chi connectivity index (χ2n) is 3.51. The molecule has 0 bridgehead atoms. The van der Waals surface area contributed by atoms with Gasteiger partial charge in [0.15, 0.2) is 11.5 Å². The molecule has 1 amide bonds. The topological polar surface area (TPSA) is 114 Å². The molecule has 1 heterocycles. The summed E-state index contributed by atoms with van der Waals surface area (Å²) < 4.78 is 4.57. The van der Waals surface area contributed by atoms with E-state index in [0.29, 0.717) is 16.3 Å². The first kappa shape index (κ1) is 12.9. The van der Waals surface area contributed by atoms with Gasteiger partial charge in [0.1, 0.15) is 6.26 Å². The molecular formula is C11H9ClN4O3. The molecular weight excluding hydrogens is 272 g/mol. The summed E-state index contributed by atoms with van der Waals surface area (Å²) in [6.45, 7) is 0. The van der Waals surface area contributed by atoms with Gasteiger partial charge in [0.2, 0.25) is 0 Å². The minimum atomic E-state index is -0.497. The summed E-state index contributed by atoms with van der Waals surface area (Å²) in [7, 11) is 0. The number of amides is 1. The van der Waals surface area contributed by atoms with E-state index in [4.69, 9.17) is 22.5 Å². The van der Waals surface area contributed by atoms with Crippen LogP contribution in [-0.4, -0.2) is 22.1 Å². The van der Waals surface area contributed by atoms with Crippen molar-refractivity contribution in [3.05, 3.63) is 46.8 Å². The Morgan fingerprint density at radius 1 is 1.47 bits per heavy atom. The van der Waals surface area contributed by atoms with Crippen LogP contribution in [-0.2, 0) is 0 Å². The quantitative estimate of drug-likeness (QED) is 0.342. The number of aromatic nitrogens is 1. The number of nitrogens with two attached hydrogens (primary N) is 1. The zero-order valence-corrected chi connectivity index (χ0v) is 10.3. The second-order valence-corrected chi connectivity index (χ2v) is 3.95. The Morgan fingerprint density at radius 3 is 2.89 bits per heavy atom. The molecule has 0 aliphatic heterocycles. The summed E-state index contributed by atoms with van der Waals surface area (Å²) >= 11 is 5.84. The lowest BCUT2D eigenvalue weighted by atomic mass is 10.1. The monoisotopic (exact) mass is 280 g/mol. The number of nitrogens with zero attached hydrogens (tertiary/aromatic N) is 2. The van der Waals surface area contributed by atoms with Crippen LogP contribution in [0.2, 0.25) is 5.02 Å². The van der Waals surface area contributed by atoms with Crippen molar-refractivity contribution in [1.82, 2.24) is 5.16 Å². The number of carbonyl (C=O) groups is 1. The third-order valence-corrected chi connectivity index (χ3v) is 2.52. The molecule has 0 radical (unpaired) electrons. The Hall–Kier alpha value is -2.54. The van der Waals surface area contributed by atoms with E-state index in [9.17, 15) is 4.79 Å². The van der Waals surface area contributed by atoms with Crippen LogP contribution in [0, 0.1) is 0 Å². The van der Waals surface area contributed by atoms with Gasteiger partial charge in [-0.15, -0.1) is 0 Å². The van der Waals surface area contributed by atoms with Crippen molar-refractivity contribution in [2.75, 3.05) is 5.32 Å². The average molecular weight is 281 g/mol. The van der Waals surface area contributed by atoms with Crippen molar-refractivity contribution in [3.8, 4) is 0 Å². The van der Waals surface area contributed by atoms with Gasteiger partial charge < -0.3 is 20.8 Å². The fraction of sp³-hybridized carbons (Fsp3) is 0. The molecule has 7 nitrogen and oxygen atoms in total.